The van der Waals surface area contributed by atoms with E-state index in [1.54, 1.807) is 13.3 Å². The van der Waals surface area contributed by atoms with Gasteiger partial charge >= 0.3 is 0 Å². The number of hydrogen-bond acceptors (Lipinski definition) is 1. The van der Waals surface area contributed by atoms with Crippen molar-refractivity contribution in [3.8, 4) is 0 Å². The Hall–Kier alpha value is -1.40. The molecule has 0 saturated heterocycles. The van der Waals surface area contributed by atoms with E-state index in [4.69, 9.17) is 0 Å². The van der Waals surface area contributed by atoms with Gasteiger partial charge in [0.1, 0.15) is 0 Å². The van der Waals surface area contributed by atoms with E-state index in [1.807, 2.05) is 31.2 Å². The Labute approximate surface area is 102 Å². The molecule has 2 nitrogen and oxygen atoms in total. The number of fused-ring (bicyclic) bond motifs is 1. The molecule has 0 spiro atoms. The highest BCUT2D eigenvalue weighted by atomic mass is 31.2. The van der Waals surface area contributed by atoms with E-state index in [0.717, 1.165) is 16.7 Å². The predicted octanol–water partition coefficient (Wildman–Crippen LogP) is 4.19. The van der Waals surface area contributed by atoms with Crippen LogP contribution in [0.4, 0.5) is 0 Å². The lowest BCUT2D eigenvalue weighted by atomic mass is 10.0. The first kappa shape index (κ1) is 12.1. The minimum atomic E-state index is -2.38. The molecule has 0 bridgehead atoms. The summed E-state index contributed by atoms with van der Waals surface area (Å²) in [7, 11) is -2.38. The lowest BCUT2D eigenvalue weighted by Gasteiger charge is -2.07. The van der Waals surface area contributed by atoms with Crippen LogP contribution in [0, 0.1) is 0 Å². The number of benzene rings is 2. The molecule has 88 valence electrons. The zero-order valence-corrected chi connectivity index (χ0v) is 11.2. The average molecular weight is 245 g/mol. The van der Waals surface area contributed by atoms with Crippen LogP contribution in [0.2, 0.25) is 0 Å². The molecule has 2 rings (SSSR count). The van der Waals surface area contributed by atoms with Crippen molar-refractivity contribution in [3.63, 3.8) is 0 Å². The first-order valence-corrected chi connectivity index (χ1v) is 8.13. The molecule has 0 aliphatic carbocycles. The van der Waals surface area contributed by atoms with Crippen LogP contribution in [0.15, 0.2) is 47.2 Å². The Morgan fingerprint density at radius 1 is 1.06 bits per heavy atom. The van der Waals surface area contributed by atoms with Crippen molar-refractivity contribution in [1.82, 2.24) is 0 Å². The van der Waals surface area contributed by atoms with E-state index < -0.39 is 7.29 Å². The molecule has 0 atom stereocenters. The topological polar surface area (TPSA) is 29.4 Å². The lowest BCUT2D eigenvalue weighted by Crippen LogP contribution is -1.95. The summed E-state index contributed by atoms with van der Waals surface area (Å²) in [6.45, 7) is 5.28. The van der Waals surface area contributed by atoms with E-state index in [0.29, 0.717) is 0 Å². The van der Waals surface area contributed by atoms with Crippen molar-refractivity contribution >= 4 is 23.8 Å². The Kier molecular flexibility index (Phi) is 3.17. The summed E-state index contributed by atoms with van der Waals surface area (Å²) in [4.78, 5) is 0. The van der Waals surface area contributed by atoms with Crippen molar-refractivity contribution in [2.75, 3.05) is 13.3 Å². The van der Waals surface area contributed by atoms with Gasteiger partial charge in [-0.2, -0.15) is 0 Å². The van der Waals surface area contributed by atoms with Crippen molar-refractivity contribution in [2.45, 2.75) is 6.92 Å². The first-order valence-electron chi connectivity index (χ1n) is 5.57. The second-order valence-electron chi connectivity index (χ2n) is 4.51. The van der Waals surface area contributed by atoms with Crippen molar-refractivity contribution in [1.29, 1.82) is 0 Å². The van der Waals surface area contributed by atoms with Crippen LogP contribution in [0.5, 0.6) is 0 Å². The SMILES string of the molecule is C/C(=N\P(C)(C)=O)c1cccc2ccccc12. The van der Waals surface area contributed by atoms with Gasteiger partial charge in [-0.15, -0.1) is 0 Å². The average Bonchev–Trinajstić information content (AvgIpc) is 2.26. The molecule has 2 aromatic rings. The molecule has 0 N–H and O–H groups in total. The Morgan fingerprint density at radius 3 is 2.41 bits per heavy atom. The smallest absolute Gasteiger partial charge is 0.184 e. The summed E-state index contributed by atoms with van der Waals surface area (Å²) in [5, 5.41) is 2.34. The van der Waals surface area contributed by atoms with Crippen LogP contribution >= 0.6 is 7.29 Å². The predicted molar refractivity (Wildman–Crippen MR) is 75.6 cm³/mol. The zero-order valence-electron chi connectivity index (χ0n) is 10.3. The monoisotopic (exact) mass is 245 g/mol. The van der Waals surface area contributed by atoms with Gasteiger partial charge in [-0.3, -0.25) is 4.57 Å². The zero-order chi connectivity index (χ0) is 12.5. The Balaban J connectivity index is 2.64. The van der Waals surface area contributed by atoms with Crippen LogP contribution in [-0.2, 0) is 4.57 Å². The standard InChI is InChI=1S/C14H16NOP/c1-11(15-17(2,3)16)13-10-6-8-12-7-4-5-9-14(12)13/h4-10H,1-3H3/b15-11+. The molecular weight excluding hydrogens is 229 g/mol. The van der Waals surface area contributed by atoms with E-state index in [1.165, 1.54) is 5.39 Å². The molecule has 2 aromatic carbocycles. The summed E-state index contributed by atoms with van der Waals surface area (Å²) in [5.41, 5.74) is 1.90. The van der Waals surface area contributed by atoms with Gasteiger partial charge < -0.3 is 0 Å². The minimum absolute atomic E-state index is 0.843. The maximum atomic E-state index is 11.7. The van der Waals surface area contributed by atoms with E-state index in [2.05, 4.69) is 23.0 Å². The highest BCUT2D eigenvalue weighted by Gasteiger charge is 2.08. The second-order valence-corrected chi connectivity index (χ2v) is 7.29. The highest BCUT2D eigenvalue weighted by Crippen LogP contribution is 2.38. The molecule has 0 aromatic heterocycles. The summed E-state index contributed by atoms with van der Waals surface area (Å²) >= 11 is 0. The fourth-order valence-corrected chi connectivity index (χ4v) is 2.79. The van der Waals surface area contributed by atoms with Crippen LogP contribution in [0.3, 0.4) is 0 Å². The van der Waals surface area contributed by atoms with E-state index in [9.17, 15) is 4.57 Å². The second kappa shape index (κ2) is 4.46. The third kappa shape index (κ3) is 2.83. The molecule has 0 amide bonds. The quantitative estimate of drug-likeness (QED) is 0.576. The molecular formula is C14H16NOP. The van der Waals surface area contributed by atoms with Crippen molar-refractivity contribution in [2.24, 2.45) is 4.76 Å². The molecule has 17 heavy (non-hydrogen) atoms. The van der Waals surface area contributed by atoms with Gasteiger partial charge in [-0.1, -0.05) is 42.5 Å². The van der Waals surface area contributed by atoms with Crippen molar-refractivity contribution in [3.05, 3.63) is 48.0 Å². The van der Waals surface area contributed by atoms with Gasteiger partial charge in [0, 0.05) is 24.6 Å². The number of hydrogen-bond donors (Lipinski definition) is 0. The van der Waals surface area contributed by atoms with Gasteiger partial charge in [-0.25, -0.2) is 4.76 Å². The fraction of sp³-hybridized carbons (Fsp3) is 0.214. The minimum Gasteiger partial charge on any atom is -0.299 e. The van der Waals surface area contributed by atoms with Crippen LogP contribution in [0.25, 0.3) is 10.8 Å². The van der Waals surface area contributed by atoms with Gasteiger partial charge in [0.2, 0.25) is 0 Å². The third-order valence-electron chi connectivity index (χ3n) is 2.57. The maximum Gasteiger partial charge on any atom is 0.184 e. The molecule has 3 heteroatoms. The number of nitrogens with zero attached hydrogens (tertiary/aromatic N) is 1. The summed E-state index contributed by atoms with van der Waals surface area (Å²) in [6.07, 6.45) is 0. The normalized spacial score (nSPS) is 13.0. The Morgan fingerprint density at radius 2 is 1.71 bits per heavy atom. The number of rotatable bonds is 2. The molecule has 0 heterocycles. The molecule has 0 radical (unpaired) electrons. The van der Waals surface area contributed by atoms with Crippen LogP contribution in [0.1, 0.15) is 12.5 Å². The molecule has 0 unspecified atom stereocenters. The van der Waals surface area contributed by atoms with Gasteiger partial charge in [0.25, 0.3) is 0 Å². The lowest BCUT2D eigenvalue weighted by molar-refractivity contribution is 0.583. The Bertz CT molecular complexity index is 620. The molecule has 0 fully saturated rings. The van der Waals surface area contributed by atoms with Gasteiger partial charge in [0.05, 0.1) is 0 Å². The summed E-state index contributed by atoms with van der Waals surface area (Å²) < 4.78 is 16.0. The highest BCUT2D eigenvalue weighted by molar-refractivity contribution is 7.61. The molecule has 0 aliphatic rings. The third-order valence-corrected chi connectivity index (χ3v) is 3.35. The van der Waals surface area contributed by atoms with E-state index in [-0.39, 0.29) is 0 Å². The van der Waals surface area contributed by atoms with Crippen LogP contribution in [-0.4, -0.2) is 19.0 Å². The summed E-state index contributed by atoms with van der Waals surface area (Å²) in [6, 6.07) is 14.3. The van der Waals surface area contributed by atoms with Crippen molar-refractivity contribution < 1.29 is 4.57 Å². The fourth-order valence-electron chi connectivity index (χ4n) is 1.96. The molecule has 0 aliphatic heterocycles. The van der Waals surface area contributed by atoms with Gasteiger partial charge in [0.15, 0.2) is 7.29 Å². The first-order chi connectivity index (χ1) is 7.97. The van der Waals surface area contributed by atoms with E-state index >= 15 is 0 Å². The largest absolute Gasteiger partial charge is 0.299 e. The van der Waals surface area contributed by atoms with Crippen LogP contribution < -0.4 is 0 Å². The maximum absolute atomic E-state index is 11.7. The van der Waals surface area contributed by atoms with Gasteiger partial charge in [-0.05, 0) is 17.7 Å². The summed E-state index contributed by atoms with van der Waals surface area (Å²) in [5.74, 6) is 0. The molecule has 0 saturated carbocycles.